The Morgan fingerprint density at radius 1 is 0.526 bits per heavy atom. The van der Waals surface area contributed by atoms with Crippen molar-refractivity contribution in [1.82, 2.24) is 0 Å². The van der Waals surface area contributed by atoms with Crippen LogP contribution in [0.1, 0.15) is 0 Å². The standard InChI is InChI=1S/C14H20O4S/c1-3-13-19-14-4-2-6-16-8-10-18-12-11-17-9-7-15-5-1/h5-14H2. The quantitative estimate of drug-likeness (QED) is 0.615. The van der Waals surface area contributed by atoms with E-state index in [2.05, 4.69) is 23.7 Å². The second kappa shape index (κ2) is 13.7. The van der Waals surface area contributed by atoms with Crippen LogP contribution in [0.4, 0.5) is 0 Å². The summed E-state index contributed by atoms with van der Waals surface area (Å²) in [5.41, 5.74) is 0. The number of thioether (sulfide) groups is 1. The zero-order valence-corrected chi connectivity index (χ0v) is 11.9. The molecule has 0 N–H and O–H groups in total. The molecule has 0 amide bonds. The van der Waals surface area contributed by atoms with E-state index < -0.39 is 0 Å². The Morgan fingerprint density at radius 3 is 1.42 bits per heavy atom. The summed E-state index contributed by atoms with van der Waals surface area (Å²) in [7, 11) is 0. The van der Waals surface area contributed by atoms with E-state index in [1.54, 1.807) is 11.8 Å². The lowest BCUT2D eigenvalue weighted by molar-refractivity contribution is 0.00486. The fourth-order valence-corrected chi connectivity index (χ4v) is 1.67. The average molecular weight is 284 g/mol. The molecule has 1 aliphatic rings. The van der Waals surface area contributed by atoms with E-state index >= 15 is 0 Å². The van der Waals surface area contributed by atoms with Crippen molar-refractivity contribution >= 4 is 11.8 Å². The topological polar surface area (TPSA) is 36.9 Å². The first-order valence-corrected chi connectivity index (χ1v) is 7.46. The maximum atomic E-state index is 5.33. The van der Waals surface area contributed by atoms with E-state index in [9.17, 15) is 0 Å². The van der Waals surface area contributed by atoms with Gasteiger partial charge in [0, 0.05) is 0 Å². The predicted molar refractivity (Wildman–Crippen MR) is 76.2 cm³/mol. The van der Waals surface area contributed by atoms with Gasteiger partial charge in [-0.05, 0) is 0 Å². The van der Waals surface area contributed by atoms with Gasteiger partial charge in [-0.15, -0.1) is 11.8 Å². The van der Waals surface area contributed by atoms with Gasteiger partial charge < -0.3 is 18.9 Å². The van der Waals surface area contributed by atoms with Crippen LogP contribution in [0.15, 0.2) is 0 Å². The molecule has 0 radical (unpaired) electrons. The molecule has 0 saturated heterocycles. The van der Waals surface area contributed by atoms with Gasteiger partial charge >= 0.3 is 0 Å². The van der Waals surface area contributed by atoms with Crippen molar-refractivity contribution in [2.45, 2.75) is 0 Å². The van der Waals surface area contributed by atoms with Crippen LogP contribution >= 0.6 is 11.8 Å². The summed E-state index contributed by atoms with van der Waals surface area (Å²) in [4.78, 5) is 0. The van der Waals surface area contributed by atoms with Crippen LogP contribution in [-0.2, 0) is 18.9 Å². The third kappa shape index (κ3) is 12.1. The minimum atomic E-state index is 0.458. The number of ether oxygens (including phenoxy) is 4. The highest BCUT2D eigenvalue weighted by atomic mass is 32.2. The normalized spacial score (nSPS) is 20.6. The Hall–Kier alpha value is -0.690. The first-order valence-electron chi connectivity index (χ1n) is 6.30. The van der Waals surface area contributed by atoms with Gasteiger partial charge in [0.2, 0.25) is 0 Å². The van der Waals surface area contributed by atoms with E-state index in [0.29, 0.717) is 52.9 Å². The van der Waals surface area contributed by atoms with Gasteiger partial charge in [0.15, 0.2) is 0 Å². The van der Waals surface area contributed by atoms with Crippen molar-refractivity contribution in [2.24, 2.45) is 0 Å². The zero-order chi connectivity index (χ0) is 13.4. The molecular formula is C14H20O4S. The van der Waals surface area contributed by atoms with Gasteiger partial charge in [0.25, 0.3) is 0 Å². The number of hydrogen-bond donors (Lipinski definition) is 0. The van der Waals surface area contributed by atoms with Gasteiger partial charge in [-0.2, -0.15) is 0 Å². The fourth-order valence-electron chi connectivity index (χ4n) is 1.16. The maximum Gasteiger partial charge on any atom is 0.107 e. The molecule has 0 saturated carbocycles. The fraction of sp³-hybridized carbons (Fsp3) is 0.714. The summed E-state index contributed by atoms with van der Waals surface area (Å²) in [6, 6.07) is 0. The van der Waals surface area contributed by atoms with Crippen LogP contribution in [0.3, 0.4) is 0 Å². The third-order valence-corrected chi connectivity index (χ3v) is 2.76. The molecule has 0 aliphatic carbocycles. The first-order chi connectivity index (χ1) is 9.50. The smallest absolute Gasteiger partial charge is 0.107 e. The lowest BCUT2D eigenvalue weighted by atomic mass is 10.6. The van der Waals surface area contributed by atoms with Gasteiger partial charge in [0.1, 0.15) is 13.2 Å². The van der Waals surface area contributed by atoms with Gasteiger partial charge in [-0.25, -0.2) is 0 Å². The van der Waals surface area contributed by atoms with Crippen molar-refractivity contribution in [1.29, 1.82) is 0 Å². The predicted octanol–water partition coefficient (Wildman–Crippen LogP) is 0.806. The molecule has 0 aromatic rings. The Kier molecular flexibility index (Phi) is 11.8. The molecule has 1 heterocycles. The molecule has 0 fully saturated rings. The summed E-state index contributed by atoms with van der Waals surface area (Å²) in [5, 5.41) is 0. The molecule has 5 heteroatoms. The summed E-state index contributed by atoms with van der Waals surface area (Å²) in [5.74, 6) is 13.5. The molecule has 0 atom stereocenters. The Morgan fingerprint density at radius 2 is 0.947 bits per heavy atom. The molecule has 0 bridgehead atoms. The second-order valence-electron chi connectivity index (χ2n) is 3.53. The molecule has 0 unspecified atom stereocenters. The van der Waals surface area contributed by atoms with Gasteiger partial charge in [-0.3, -0.25) is 0 Å². The highest BCUT2D eigenvalue weighted by molar-refractivity contribution is 7.99. The molecule has 1 aliphatic heterocycles. The molecule has 19 heavy (non-hydrogen) atoms. The summed E-state index contributed by atoms with van der Waals surface area (Å²) in [6.45, 7) is 4.35. The summed E-state index contributed by atoms with van der Waals surface area (Å²) in [6.07, 6.45) is 0. The van der Waals surface area contributed by atoms with Crippen LogP contribution in [0, 0.1) is 23.7 Å². The molecule has 1 rings (SSSR count). The van der Waals surface area contributed by atoms with E-state index in [1.165, 1.54) is 0 Å². The average Bonchev–Trinajstić information content (AvgIpc) is 2.43. The van der Waals surface area contributed by atoms with Crippen molar-refractivity contribution in [3.05, 3.63) is 0 Å². The number of hydrogen-bond acceptors (Lipinski definition) is 5. The van der Waals surface area contributed by atoms with Crippen LogP contribution in [0.2, 0.25) is 0 Å². The van der Waals surface area contributed by atoms with Crippen molar-refractivity contribution in [2.75, 3.05) is 64.4 Å². The largest absolute Gasteiger partial charge is 0.377 e. The molecular weight excluding hydrogens is 264 g/mol. The van der Waals surface area contributed by atoms with E-state index in [-0.39, 0.29) is 0 Å². The van der Waals surface area contributed by atoms with Crippen LogP contribution in [-0.4, -0.2) is 64.4 Å². The summed E-state index contributed by atoms with van der Waals surface area (Å²) < 4.78 is 21.3. The minimum absolute atomic E-state index is 0.458. The zero-order valence-electron chi connectivity index (χ0n) is 11.1. The van der Waals surface area contributed by atoms with Gasteiger partial charge in [0.05, 0.1) is 51.1 Å². The van der Waals surface area contributed by atoms with Crippen molar-refractivity contribution in [3.8, 4) is 23.7 Å². The summed E-state index contributed by atoms with van der Waals surface area (Å²) >= 11 is 1.69. The van der Waals surface area contributed by atoms with Crippen LogP contribution in [0.25, 0.3) is 0 Å². The van der Waals surface area contributed by atoms with Crippen LogP contribution in [0.5, 0.6) is 0 Å². The van der Waals surface area contributed by atoms with E-state index in [4.69, 9.17) is 18.9 Å². The lowest BCUT2D eigenvalue weighted by Gasteiger charge is -2.05. The molecule has 0 spiro atoms. The first kappa shape index (κ1) is 16.4. The van der Waals surface area contributed by atoms with Gasteiger partial charge in [-0.1, -0.05) is 23.7 Å². The Balaban J connectivity index is 2.16. The van der Waals surface area contributed by atoms with E-state index in [0.717, 1.165) is 11.5 Å². The number of rotatable bonds is 0. The molecule has 0 aromatic carbocycles. The maximum absolute atomic E-state index is 5.33. The monoisotopic (exact) mass is 284 g/mol. The van der Waals surface area contributed by atoms with Crippen LogP contribution < -0.4 is 0 Å². The van der Waals surface area contributed by atoms with E-state index in [1.807, 2.05) is 0 Å². The van der Waals surface area contributed by atoms with Crippen molar-refractivity contribution in [3.63, 3.8) is 0 Å². The molecule has 106 valence electrons. The highest BCUT2D eigenvalue weighted by Gasteiger charge is 1.91. The SMILES string of the molecule is C1#CCSCC#CCOCCOCCOCCOC1. The second-order valence-corrected chi connectivity index (χ2v) is 4.52. The molecule has 0 aromatic heterocycles. The minimum Gasteiger partial charge on any atom is -0.377 e. The van der Waals surface area contributed by atoms with Crippen molar-refractivity contribution < 1.29 is 18.9 Å². The Bertz CT molecular complexity index is 292. The lowest BCUT2D eigenvalue weighted by Crippen LogP contribution is -2.12. The molecule has 4 nitrogen and oxygen atoms in total. The third-order valence-electron chi connectivity index (χ3n) is 2.06. The Labute approximate surface area is 119 Å². The highest BCUT2D eigenvalue weighted by Crippen LogP contribution is 1.95.